The van der Waals surface area contributed by atoms with E-state index in [1.165, 1.54) is 11.8 Å². The van der Waals surface area contributed by atoms with Crippen LogP contribution < -0.4 is 14.8 Å². The number of ether oxygens (including phenoxy) is 2. The highest BCUT2D eigenvalue weighted by atomic mass is 32.2. The molecular weight excluding hydrogens is 338 g/mol. The third-order valence-corrected chi connectivity index (χ3v) is 5.25. The molecule has 1 aliphatic rings. The lowest BCUT2D eigenvalue weighted by atomic mass is 10.3. The first-order valence-electron chi connectivity index (χ1n) is 8.33. The van der Waals surface area contributed by atoms with Crippen LogP contribution in [0.2, 0.25) is 0 Å². The number of anilines is 1. The Labute approximate surface area is 151 Å². The number of amides is 1. The average molecular weight is 361 g/mol. The van der Waals surface area contributed by atoms with Crippen molar-refractivity contribution in [3.63, 3.8) is 0 Å². The van der Waals surface area contributed by atoms with Crippen LogP contribution in [0, 0.1) is 13.8 Å². The van der Waals surface area contributed by atoms with Crippen LogP contribution in [0.25, 0.3) is 0 Å². The SMILES string of the molecule is Cc1nn(C)c(C)c1NC(=O)[C@@H](C)Sc1ccc2c(c1)OCCCO2. The first-order chi connectivity index (χ1) is 12.0. The van der Waals surface area contributed by atoms with E-state index in [2.05, 4.69) is 10.4 Å². The number of thioether (sulfide) groups is 1. The smallest absolute Gasteiger partial charge is 0.237 e. The summed E-state index contributed by atoms with van der Waals surface area (Å²) in [5.74, 6) is 1.46. The second-order valence-corrected chi connectivity index (χ2v) is 7.49. The van der Waals surface area contributed by atoms with E-state index < -0.39 is 0 Å². The number of hydrogen-bond acceptors (Lipinski definition) is 5. The summed E-state index contributed by atoms with van der Waals surface area (Å²) in [5, 5.41) is 7.07. The standard InChI is InChI=1S/C18H23N3O3S/c1-11-17(12(2)21(4)20-11)19-18(22)13(3)25-14-6-7-15-16(10-14)24-9-5-8-23-15/h6-7,10,13H,5,8-9H2,1-4H3,(H,19,22)/t13-/m1/s1. The number of fused-ring (bicyclic) bond motifs is 1. The van der Waals surface area contributed by atoms with Crippen molar-refractivity contribution in [2.24, 2.45) is 7.05 Å². The van der Waals surface area contributed by atoms with Crippen molar-refractivity contribution in [2.75, 3.05) is 18.5 Å². The van der Waals surface area contributed by atoms with Gasteiger partial charge in [-0.15, -0.1) is 11.8 Å². The number of rotatable bonds is 4. The van der Waals surface area contributed by atoms with Crippen molar-refractivity contribution in [2.45, 2.75) is 37.3 Å². The number of benzene rings is 1. The van der Waals surface area contributed by atoms with Gasteiger partial charge in [-0.2, -0.15) is 5.10 Å². The molecule has 1 aromatic heterocycles. The Bertz CT molecular complexity index is 788. The highest BCUT2D eigenvalue weighted by Gasteiger charge is 2.19. The topological polar surface area (TPSA) is 65.4 Å². The molecule has 0 aliphatic carbocycles. The summed E-state index contributed by atoms with van der Waals surface area (Å²) in [5.41, 5.74) is 2.55. The van der Waals surface area contributed by atoms with Gasteiger partial charge in [-0.05, 0) is 39.0 Å². The van der Waals surface area contributed by atoms with Crippen LogP contribution in [0.4, 0.5) is 5.69 Å². The third kappa shape index (κ3) is 3.92. The summed E-state index contributed by atoms with van der Waals surface area (Å²) < 4.78 is 13.1. The second kappa shape index (κ2) is 7.39. The van der Waals surface area contributed by atoms with E-state index in [-0.39, 0.29) is 11.2 Å². The van der Waals surface area contributed by atoms with Crippen molar-refractivity contribution in [1.29, 1.82) is 0 Å². The first-order valence-corrected chi connectivity index (χ1v) is 9.21. The molecule has 1 N–H and O–H groups in total. The molecule has 0 unspecified atom stereocenters. The summed E-state index contributed by atoms with van der Waals surface area (Å²) in [6.07, 6.45) is 0.875. The van der Waals surface area contributed by atoms with Gasteiger partial charge in [0, 0.05) is 18.4 Å². The molecule has 0 saturated carbocycles. The predicted octanol–water partition coefficient (Wildman–Crippen LogP) is 3.32. The Balaban J connectivity index is 1.68. The van der Waals surface area contributed by atoms with Gasteiger partial charge in [0.05, 0.1) is 35.5 Å². The fourth-order valence-electron chi connectivity index (χ4n) is 2.65. The summed E-state index contributed by atoms with van der Waals surface area (Å²) in [7, 11) is 1.87. The predicted molar refractivity (Wildman–Crippen MR) is 98.7 cm³/mol. The number of aromatic nitrogens is 2. The molecule has 1 aliphatic heterocycles. The monoisotopic (exact) mass is 361 g/mol. The van der Waals surface area contributed by atoms with Gasteiger partial charge in [-0.25, -0.2) is 0 Å². The van der Waals surface area contributed by atoms with Gasteiger partial charge in [0.2, 0.25) is 5.91 Å². The zero-order valence-corrected chi connectivity index (χ0v) is 15.8. The minimum atomic E-state index is -0.247. The lowest BCUT2D eigenvalue weighted by Crippen LogP contribution is -2.23. The van der Waals surface area contributed by atoms with Crippen molar-refractivity contribution in [3.8, 4) is 11.5 Å². The van der Waals surface area contributed by atoms with Crippen molar-refractivity contribution >= 4 is 23.4 Å². The number of carbonyl (C=O) groups is 1. The molecule has 6 nitrogen and oxygen atoms in total. The molecule has 2 aromatic rings. The molecule has 1 aromatic carbocycles. The van der Waals surface area contributed by atoms with E-state index in [0.29, 0.717) is 13.2 Å². The Morgan fingerprint density at radius 1 is 1.28 bits per heavy atom. The molecular formula is C18H23N3O3S. The molecule has 1 amide bonds. The minimum Gasteiger partial charge on any atom is -0.490 e. The molecule has 0 spiro atoms. The largest absolute Gasteiger partial charge is 0.490 e. The van der Waals surface area contributed by atoms with Gasteiger partial charge in [0.25, 0.3) is 0 Å². The van der Waals surface area contributed by atoms with Gasteiger partial charge in [-0.1, -0.05) is 0 Å². The van der Waals surface area contributed by atoms with Crippen LogP contribution in [-0.4, -0.2) is 34.2 Å². The van der Waals surface area contributed by atoms with Crippen molar-refractivity contribution in [3.05, 3.63) is 29.6 Å². The Morgan fingerprint density at radius 2 is 2.00 bits per heavy atom. The molecule has 0 fully saturated rings. The Kier molecular flexibility index (Phi) is 5.22. The molecule has 0 saturated heterocycles. The molecule has 7 heteroatoms. The number of hydrogen-bond donors (Lipinski definition) is 1. The maximum atomic E-state index is 12.5. The number of aryl methyl sites for hydroxylation is 2. The minimum absolute atomic E-state index is 0.0451. The summed E-state index contributed by atoms with van der Waals surface area (Å²) >= 11 is 1.49. The maximum absolute atomic E-state index is 12.5. The van der Waals surface area contributed by atoms with Crippen LogP contribution >= 0.6 is 11.8 Å². The molecule has 0 bridgehead atoms. The molecule has 2 heterocycles. The molecule has 0 radical (unpaired) electrons. The lowest BCUT2D eigenvalue weighted by Gasteiger charge is -2.14. The van der Waals surface area contributed by atoms with Crippen molar-refractivity contribution in [1.82, 2.24) is 9.78 Å². The van der Waals surface area contributed by atoms with E-state index in [9.17, 15) is 4.79 Å². The van der Waals surface area contributed by atoms with Gasteiger partial charge >= 0.3 is 0 Å². The number of nitrogens with one attached hydrogen (secondary N) is 1. The maximum Gasteiger partial charge on any atom is 0.237 e. The summed E-state index contributed by atoms with van der Waals surface area (Å²) in [6, 6.07) is 5.81. The van der Waals surface area contributed by atoms with E-state index in [4.69, 9.17) is 9.47 Å². The summed E-state index contributed by atoms with van der Waals surface area (Å²) in [6.45, 7) is 7.05. The fraction of sp³-hybridized carbons (Fsp3) is 0.444. The van der Waals surface area contributed by atoms with Crippen LogP contribution in [0.1, 0.15) is 24.7 Å². The van der Waals surface area contributed by atoms with E-state index in [1.54, 1.807) is 4.68 Å². The highest BCUT2D eigenvalue weighted by Crippen LogP contribution is 2.35. The first kappa shape index (κ1) is 17.7. The molecule has 134 valence electrons. The van der Waals surface area contributed by atoms with Crippen LogP contribution in [0.15, 0.2) is 23.1 Å². The van der Waals surface area contributed by atoms with Gasteiger partial charge in [0.1, 0.15) is 0 Å². The van der Waals surface area contributed by atoms with E-state index in [1.807, 2.05) is 46.0 Å². The van der Waals surface area contributed by atoms with Crippen LogP contribution in [0.5, 0.6) is 11.5 Å². The zero-order chi connectivity index (χ0) is 18.0. The Morgan fingerprint density at radius 3 is 2.68 bits per heavy atom. The fourth-order valence-corrected chi connectivity index (χ4v) is 3.55. The quantitative estimate of drug-likeness (QED) is 0.847. The van der Waals surface area contributed by atoms with Crippen molar-refractivity contribution < 1.29 is 14.3 Å². The van der Waals surface area contributed by atoms with Gasteiger partial charge < -0.3 is 14.8 Å². The second-order valence-electron chi connectivity index (χ2n) is 6.08. The third-order valence-electron chi connectivity index (χ3n) is 4.16. The number of nitrogens with zero attached hydrogens (tertiary/aromatic N) is 2. The molecule has 25 heavy (non-hydrogen) atoms. The molecule has 1 atom stereocenters. The van der Waals surface area contributed by atoms with E-state index >= 15 is 0 Å². The lowest BCUT2D eigenvalue weighted by molar-refractivity contribution is -0.115. The Hall–Kier alpha value is -2.15. The average Bonchev–Trinajstić information content (AvgIpc) is 2.76. The van der Waals surface area contributed by atoms with E-state index in [0.717, 1.165) is 39.9 Å². The van der Waals surface area contributed by atoms with Gasteiger partial charge in [0.15, 0.2) is 11.5 Å². The molecule has 3 rings (SSSR count). The van der Waals surface area contributed by atoms with Gasteiger partial charge in [-0.3, -0.25) is 9.48 Å². The van der Waals surface area contributed by atoms with Crippen LogP contribution in [-0.2, 0) is 11.8 Å². The van der Waals surface area contributed by atoms with Crippen LogP contribution in [0.3, 0.4) is 0 Å². The zero-order valence-electron chi connectivity index (χ0n) is 15.0. The highest BCUT2D eigenvalue weighted by molar-refractivity contribution is 8.00. The summed E-state index contributed by atoms with van der Waals surface area (Å²) in [4.78, 5) is 13.5. The normalized spacial score (nSPS) is 14.7. The number of carbonyl (C=O) groups excluding carboxylic acids is 1.